The van der Waals surface area contributed by atoms with E-state index in [0.29, 0.717) is 11.3 Å². The van der Waals surface area contributed by atoms with Crippen molar-refractivity contribution < 1.29 is 4.79 Å². The number of allylic oxidation sites excluding steroid dienone is 6. The van der Waals surface area contributed by atoms with Crippen molar-refractivity contribution in [3.8, 4) is 0 Å². The summed E-state index contributed by atoms with van der Waals surface area (Å²) in [7, 11) is 2.04. The number of hydrogen-bond donors (Lipinski definition) is 0. The van der Waals surface area contributed by atoms with Gasteiger partial charge in [-0.1, -0.05) is 30.3 Å². The number of ketones is 1. The van der Waals surface area contributed by atoms with E-state index >= 15 is 0 Å². The van der Waals surface area contributed by atoms with Crippen LogP contribution in [0.15, 0.2) is 78.2 Å². The van der Waals surface area contributed by atoms with Crippen molar-refractivity contribution in [1.82, 2.24) is 4.98 Å². The Morgan fingerprint density at radius 3 is 2.76 bits per heavy atom. The van der Waals surface area contributed by atoms with Crippen molar-refractivity contribution in [2.24, 2.45) is 0 Å². The highest BCUT2D eigenvalue weighted by Crippen LogP contribution is 2.30. The molecule has 3 nitrogen and oxygen atoms in total. The first-order valence-electron chi connectivity index (χ1n) is 8.26. The van der Waals surface area contributed by atoms with E-state index in [0.717, 1.165) is 22.5 Å². The highest BCUT2D eigenvalue weighted by molar-refractivity contribution is 6.15. The Hall–Kier alpha value is -3.20. The molecule has 0 fully saturated rings. The zero-order valence-electron chi connectivity index (χ0n) is 14.2. The number of pyridine rings is 1. The molecule has 0 saturated heterocycles. The minimum absolute atomic E-state index is 0.0270. The third-order valence-electron chi connectivity index (χ3n) is 4.63. The van der Waals surface area contributed by atoms with E-state index < -0.39 is 0 Å². The van der Waals surface area contributed by atoms with Crippen LogP contribution < -0.4 is 4.90 Å². The fourth-order valence-electron chi connectivity index (χ4n) is 3.24. The molecule has 3 heteroatoms. The maximum absolute atomic E-state index is 12.7. The maximum Gasteiger partial charge on any atom is 0.211 e. The van der Waals surface area contributed by atoms with E-state index in [1.807, 2.05) is 56.5 Å². The molecule has 0 N–H and O–H groups in total. The summed E-state index contributed by atoms with van der Waals surface area (Å²) in [6.07, 6.45) is 11.6. The fraction of sp³-hybridized carbons (Fsp3) is 0.0909. The van der Waals surface area contributed by atoms with Crippen LogP contribution in [-0.4, -0.2) is 17.8 Å². The van der Waals surface area contributed by atoms with Gasteiger partial charge >= 0.3 is 0 Å². The Balaban J connectivity index is 1.70. The molecule has 0 saturated carbocycles. The van der Waals surface area contributed by atoms with Crippen molar-refractivity contribution in [2.75, 3.05) is 11.9 Å². The molecule has 1 aromatic carbocycles. The number of nitrogens with zero attached hydrogens (tertiary/aromatic N) is 2. The first kappa shape index (κ1) is 15.3. The predicted octanol–water partition coefficient (Wildman–Crippen LogP) is 4.65. The molecule has 25 heavy (non-hydrogen) atoms. The van der Waals surface area contributed by atoms with Crippen LogP contribution in [0.2, 0.25) is 0 Å². The quantitative estimate of drug-likeness (QED) is 0.715. The average molecular weight is 326 g/mol. The van der Waals surface area contributed by atoms with Crippen LogP contribution in [0.5, 0.6) is 0 Å². The first-order valence-corrected chi connectivity index (χ1v) is 8.26. The average Bonchev–Trinajstić information content (AvgIpc) is 2.65. The second-order valence-electron chi connectivity index (χ2n) is 6.22. The third kappa shape index (κ3) is 2.64. The normalized spacial score (nSPS) is 19.0. The van der Waals surface area contributed by atoms with Crippen molar-refractivity contribution in [3.63, 3.8) is 0 Å². The zero-order chi connectivity index (χ0) is 17.4. The fourth-order valence-corrected chi connectivity index (χ4v) is 3.24. The van der Waals surface area contributed by atoms with Gasteiger partial charge in [0.2, 0.25) is 5.78 Å². The first-order chi connectivity index (χ1) is 12.1. The number of carbonyl (C=O) groups is 1. The van der Waals surface area contributed by atoms with Crippen LogP contribution in [0.4, 0.5) is 5.69 Å². The van der Waals surface area contributed by atoms with Crippen LogP contribution >= 0.6 is 0 Å². The van der Waals surface area contributed by atoms with E-state index in [1.54, 1.807) is 6.20 Å². The highest BCUT2D eigenvalue weighted by atomic mass is 16.1. The van der Waals surface area contributed by atoms with Gasteiger partial charge in [0.1, 0.15) is 5.69 Å². The SMILES string of the molecule is CC1=C/C(=C\C=C2/C=Cc3ccccc3N2C)C(=O)c2ncccc21. The van der Waals surface area contributed by atoms with Crippen LogP contribution in [0.25, 0.3) is 11.6 Å². The molecule has 2 aromatic rings. The summed E-state index contributed by atoms with van der Waals surface area (Å²) >= 11 is 0. The standard InChI is InChI=1S/C22H18N2O/c1-15-14-17(22(25)21-19(15)7-5-13-23-21)10-12-18-11-9-16-6-3-4-8-20(16)24(18)2/h3-14H,1-2H3/b17-10+,18-12+. The number of rotatable bonds is 1. The van der Waals surface area contributed by atoms with Crippen LogP contribution in [0, 0.1) is 0 Å². The topological polar surface area (TPSA) is 33.2 Å². The summed E-state index contributed by atoms with van der Waals surface area (Å²) in [5, 5.41) is 0. The zero-order valence-corrected chi connectivity index (χ0v) is 14.2. The molecule has 0 amide bonds. The molecule has 0 spiro atoms. The van der Waals surface area contributed by atoms with Gasteiger partial charge in [-0.05, 0) is 54.5 Å². The molecular formula is C22H18N2O. The van der Waals surface area contributed by atoms with Gasteiger partial charge in [0.05, 0.1) is 0 Å². The number of Topliss-reactive ketones (excluding diaryl/α,β-unsaturated/α-hetero) is 1. The summed E-state index contributed by atoms with van der Waals surface area (Å²) < 4.78 is 0. The van der Waals surface area contributed by atoms with Gasteiger partial charge in [-0.25, -0.2) is 0 Å². The number of carbonyl (C=O) groups excluding carboxylic acids is 1. The summed E-state index contributed by atoms with van der Waals surface area (Å²) in [5.41, 5.74) is 6.56. The number of hydrogen-bond acceptors (Lipinski definition) is 3. The number of benzene rings is 1. The van der Waals surface area contributed by atoms with Gasteiger partial charge in [0.25, 0.3) is 0 Å². The van der Waals surface area contributed by atoms with Gasteiger partial charge in [0, 0.05) is 35.8 Å². The van der Waals surface area contributed by atoms with Gasteiger partial charge in [0.15, 0.2) is 0 Å². The molecule has 1 aliphatic heterocycles. The Morgan fingerprint density at radius 2 is 1.88 bits per heavy atom. The monoisotopic (exact) mass is 326 g/mol. The second kappa shape index (κ2) is 6.02. The van der Waals surface area contributed by atoms with E-state index in [1.165, 1.54) is 5.56 Å². The minimum Gasteiger partial charge on any atom is -0.344 e. The Kier molecular flexibility index (Phi) is 3.69. The molecule has 1 aliphatic carbocycles. The summed E-state index contributed by atoms with van der Waals surface area (Å²) in [6, 6.07) is 12.1. The molecule has 2 aliphatic rings. The van der Waals surface area contributed by atoms with Crippen molar-refractivity contribution in [1.29, 1.82) is 0 Å². The molecule has 0 bridgehead atoms. The lowest BCUT2D eigenvalue weighted by Crippen LogP contribution is -2.18. The van der Waals surface area contributed by atoms with Crippen LogP contribution in [-0.2, 0) is 0 Å². The molecular weight excluding hydrogens is 308 g/mol. The summed E-state index contributed by atoms with van der Waals surface area (Å²) in [4.78, 5) is 19.1. The van der Waals surface area contributed by atoms with E-state index in [4.69, 9.17) is 0 Å². The van der Waals surface area contributed by atoms with Crippen molar-refractivity contribution >= 4 is 23.1 Å². The number of likely N-dealkylation sites (N-methyl/N-ethyl adjacent to an activating group) is 1. The van der Waals surface area contributed by atoms with Gasteiger partial charge in [-0.15, -0.1) is 0 Å². The number of aromatic nitrogens is 1. The largest absolute Gasteiger partial charge is 0.344 e. The van der Waals surface area contributed by atoms with Gasteiger partial charge in [-0.2, -0.15) is 0 Å². The van der Waals surface area contributed by atoms with E-state index in [-0.39, 0.29) is 5.78 Å². The predicted molar refractivity (Wildman–Crippen MR) is 102 cm³/mol. The Labute approximate surface area is 147 Å². The lowest BCUT2D eigenvalue weighted by molar-refractivity contribution is 0.103. The molecule has 1 aromatic heterocycles. The minimum atomic E-state index is -0.0270. The third-order valence-corrected chi connectivity index (χ3v) is 4.63. The Bertz CT molecular complexity index is 993. The number of fused-ring (bicyclic) bond motifs is 2. The molecule has 0 atom stereocenters. The van der Waals surface area contributed by atoms with Crippen LogP contribution in [0.3, 0.4) is 0 Å². The van der Waals surface area contributed by atoms with Gasteiger partial charge in [-0.3, -0.25) is 9.78 Å². The van der Waals surface area contributed by atoms with Crippen molar-refractivity contribution in [2.45, 2.75) is 6.92 Å². The van der Waals surface area contributed by atoms with E-state index in [9.17, 15) is 4.79 Å². The summed E-state index contributed by atoms with van der Waals surface area (Å²) in [5.74, 6) is -0.0270. The highest BCUT2D eigenvalue weighted by Gasteiger charge is 2.21. The molecule has 122 valence electrons. The van der Waals surface area contributed by atoms with Gasteiger partial charge < -0.3 is 4.90 Å². The maximum atomic E-state index is 12.7. The Morgan fingerprint density at radius 1 is 1.04 bits per heavy atom. The molecule has 0 radical (unpaired) electrons. The lowest BCUT2D eigenvalue weighted by Gasteiger charge is -2.26. The molecule has 2 heterocycles. The summed E-state index contributed by atoms with van der Waals surface area (Å²) in [6.45, 7) is 2.01. The van der Waals surface area contributed by atoms with Crippen molar-refractivity contribution in [3.05, 3.63) is 95.0 Å². The molecule has 0 unspecified atom stereocenters. The van der Waals surface area contributed by atoms with Crippen LogP contribution in [0.1, 0.15) is 28.5 Å². The smallest absolute Gasteiger partial charge is 0.211 e. The number of para-hydroxylation sites is 1. The second-order valence-corrected chi connectivity index (χ2v) is 6.22. The van der Waals surface area contributed by atoms with E-state index in [2.05, 4.69) is 34.2 Å². The number of anilines is 1. The molecule has 4 rings (SSSR count). The lowest BCUT2D eigenvalue weighted by atomic mass is 9.91.